The van der Waals surface area contributed by atoms with Gasteiger partial charge in [0.15, 0.2) is 0 Å². The first-order valence-electron chi connectivity index (χ1n) is 4.21. The minimum absolute atomic E-state index is 0. The van der Waals surface area contributed by atoms with E-state index in [1.807, 2.05) is 19.6 Å². The molecule has 0 amide bonds. The van der Waals surface area contributed by atoms with Crippen LogP contribution in [0, 0.1) is 37.6 Å². The molecule has 0 fully saturated rings. The van der Waals surface area contributed by atoms with Crippen LogP contribution in [0.1, 0.15) is 0 Å². The quantitative estimate of drug-likeness (QED) is 0.355. The molecule has 0 radical (unpaired) electrons. The Morgan fingerprint density at radius 2 is 1.50 bits per heavy atom. The van der Waals surface area contributed by atoms with Crippen LogP contribution in [0.25, 0.3) is 0 Å². The summed E-state index contributed by atoms with van der Waals surface area (Å²) in [5, 5.41) is 0.382. The van der Waals surface area contributed by atoms with Crippen LogP contribution in [-0.2, 0) is 37.5 Å². The van der Waals surface area contributed by atoms with Crippen molar-refractivity contribution in [2.24, 2.45) is 0 Å². The maximum Gasteiger partial charge on any atom is 6.00 e. The van der Waals surface area contributed by atoms with Gasteiger partial charge in [-0.05, 0) is 0 Å². The molecule has 0 saturated carbocycles. The first kappa shape index (κ1) is 26.3. The van der Waals surface area contributed by atoms with Gasteiger partial charge in [-0.3, -0.25) is 4.21 Å². The zero-order chi connectivity index (χ0) is 14.3. The van der Waals surface area contributed by atoms with Gasteiger partial charge in [-0.25, -0.2) is 0 Å². The van der Waals surface area contributed by atoms with E-state index in [-0.39, 0.29) is 17.1 Å². The summed E-state index contributed by atoms with van der Waals surface area (Å²) in [7, 11) is -1.33. The Kier molecular flexibility index (Phi) is 27.8. The normalized spacial score (nSPS) is 9.56. The van der Waals surface area contributed by atoms with E-state index in [1.165, 1.54) is 0 Å². The molecule has 1 rings (SSSR count). The molecule has 0 aromatic heterocycles. The average molecular weight is 324 g/mol. The van der Waals surface area contributed by atoms with Crippen molar-refractivity contribution in [3.8, 4) is 0 Å². The minimum Gasteiger partial charge on any atom is -0.999 e. The van der Waals surface area contributed by atoms with Crippen molar-refractivity contribution < 1.29 is 35.1 Å². The molecule has 7 heteroatoms. The van der Waals surface area contributed by atoms with Gasteiger partial charge in [-0.2, -0.15) is 0 Å². The number of hydrogen-bond acceptors (Lipinski definition) is 2. The Hall–Kier alpha value is -0.324. The van der Waals surface area contributed by atoms with Crippen LogP contribution >= 0.6 is 0 Å². The van der Waals surface area contributed by atoms with Crippen LogP contribution in [0.15, 0.2) is 6.07 Å². The van der Waals surface area contributed by atoms with Crippen molar-refractivity contribution in [3.63, 3.8) is 0 Å². The van der Waals surface area contributed by atoms with Crippen molar-refractivity contribution in [2.75, 3.05) is 5.38 Å². The SMILES string of the molecule is C[Si](C)(C)CS(=O)[O-].[C-]#[O+].[C-]#[O+].[Fe+6].[c-]1[c-][c-][cH-][c-]1. The Bertz CT molecular complexity index is 281. The van der Waals surface area contributed by atoms with Crippen molar-refractivity contribution in [1.82, 2.24) is 0 Å². The Morgan fingerprint density at radius 1 is 1.17 bits per heavy atom. The first-order chi connectivity index (χ1) is 7.92. The topological polar surface area (TPSA) is 79.9 Å². The minimum atomic E-state index is -1.82. The third kappa shape index (κ3) is 36.1. The van der Waals surface area contributed by atoms with Gasteiger partial charge in [-0.1, -0.05) is 30.7 Å². The van der Waals surface area contributed by atoms with Crippen LogP contribution in [0.2, 0.25) is 19.6 Å². The van der Waals surface area contributed by atoms with Crippen LogP contribution in [0.4, 0.5) is 0 Å². The molecule has 0 spiro atoms. The second-order valence-corrected chi connectivity index (χ2v) is 10.6. The first-order valence-corrected chi connectivity index (χ1v) is 9.16. The van der Waals surface area contributed by atoms with E-state index < -0.39 is 19.2 Å². The average Bonchev–Trinajstić information content (AvgIpc) is 2.78. The van der Waals surface area contributed by atoms with E-state index in [1.54, 1.807) is 6.07 Å². The summed E-state index contributed by atoms with van der Waals surface area (Å²) in [6.07, 6.45) is 0. The summed E-state index contributed by atoms with van der Waals surface area (Å²) in [4.78, 5) is 0. The summed E-state index contributed by atoms with van der Waals surface area (Å²) in [6, 6.07) is 12.0. The van der Waals surface area contributed by atoms with E-state index in [2.05, 4.69) is 37.6 Å². The Balaban J connectivity index is -0.0000000847. The maximum atomic E-state index is 10.0. The van der Waals surface area contributed by atoms with Crippen LogP contribution in [0.3, 0.4) is 0 Å². The third-order valence-corrected chi connectivity index (χ3v) is 5.31. The molecule has 1 aromatic rings. The molecule has 98 valence electrons. The predicted octanol–water partition coefficient (Wildman–Crippen LogP) is 1.27. The molecule has 0 aliphatic carbocycles. The molecule has 1 atom stereocenters. The third-order valence-electron chi connectivity index (χ3n) is 0.902. The van der Waals surface area contributed by atoms with Crippen molar-refractivity contribution in [2.45, 2.75) is 19.6 Å². The van der Waals surface area contributed by atoms with Gasteiger partial charge in [0.25, 0.3) is 0 Å². The zero-order valence-electron chi connectivity index (χ0n) is 10.2. The van der Waals surface area contributed by atoms with Gasteiger partial charge >= 0.3 is 39.7 Å². The van der Waals surface area contributed by atoms with E-state index >= 15 is 0 Å². The molecular formula is C11H12FeO4SSi. The summed E-state index contributed by atoms with van der Waals surface area (Å²) >= 11 is -1.82. The second-order valence-electron chi connectivity index (χ2n) is 3.69. The molecule has 0 heterocycles. The van der Waals surface area contributed by atoms with Crippen molar-refractivity contribution >= 4 is 19.2 Å². The monoisotopic (exact) mass is 324 g/mol. The molecule has 0 saturated heterocycles. The summed E-state index contributed by atoms with van der Waals surface area (Å²) in [5.41, 5.74) is 0. The van der Waals surface area contributed by atoms with Gasteiger partial charge in [0.2, 0.25) is 0 Å². The standard InChI is InChI=1S/C5H.C4H12O2SSi.2CO.Fe/c1-2-4-5-3-1;1-8(2,3)4-7(5)6;2*1-2;/h1H;4H2,1-3H3,(H,5,6);;;/q-5;;;;+6/p-1. The molecule has 18 heavy (non-hydrogen) atoms. The van der Waals surface area contributed by atoms with Crippen LogP contribution in [0.5, 0.6) is 0 Å². The molecule has 0 aliphatic rings. The summed E-state index contributed by atoms with van der Waals surface area (Å²) in [5.74, 6) is 0. The van der Waals surface area contributed by atoms with Crippen LogP contribution in [-0.4, -0.2) is 22.2 Å². The van der Waals surface area contributed by atoms with Crippen molar-refractivity contribution in [3.05, 3.63) is 43.6 Å². The fourth-order valence-corrected chi connectivity index (χ4v) is 3.36. The van der Waals surface area contributed by atoms with E-state index in [9.17, 15) is 8.76 Å². The van der Waals surface area contributed by atoms with Gasteiger partial charge in [-0.15, -0.1) is 0 Å². The van der Waals surface area contributed by atoms with Crippen LogP contribution < -0.4 is 0 Å². The molecule has 0 N–H and O–H groups in total. The molecule has 4 nitrogen and oxygen atoms in total. The van der Waals surface area contributed by atoms with E-state index in [4.69, 9.17) is 9.30 Å². The zero-order valence-corrected chi connectivity index (χ0v) is 13.1. The molecule has 1 unspecified atom stereocenters. The van der Waals surface area contributed by atoms with E-state index in [0.717, 1.165) is 0 Å². The smallest absolute Gasteiger partial charge is 0.999 e. The maximum absolute atomic E-state index is 10.0. The number of rotatable bonds is 2. The van der Waals surface area contributed by atoms with Gasteiger partial charge in [0.1, 0.15) is 0 Å². The van der Waals surface area contributed by atoms with Gasteiger partial charge in [0.05, 0.1) is 8.07 Å². The predicted molar refractivity (Wildman–Crippen MR) is 62.4 cm³/mol. The fraction of sp³-hybridized carbons (Fsp3) is 0.364. The molecule has 1 aromatic carbocycles. The largest absolute Gasteiger partial charge is 6.00 e. The summed E-state index contributed by atoms with van der Waals surface area (Å²) < 4.78 is 35.1. The van der Waals surface area contributed by atoms with E-state index in [0.29, 0.717) is 5.38 Å². The second kappa shape index (κ2) is 19.0. The fourth-order valence-electron chi connectivity index (χ4n) is 0.534. The molecular weight excluding hydrogens is 312 g/mol. The Morgan fingerprint density at radius 3 is 1.56 bits per heavy atom. The molecule has 0 aliphatic heterocycles. The van der Waals surface area contributed by atoms with Crippen molar-refractivity contribution in [1.29, 1.82) is 0 Å². The Labute approximate surface area is 123 Å². The van der Waals surface area contributed by atoms with Gasteiger partial charge < -0.3 is 34.9 Å². The number of hydrogen-bond donors (Lipinski definition) is 0. The van der Waals surface area contributed by atoms with Gasteiger partial charge in [0, 0.05) is 5.38 Å². The summed E-state index contributed by atoms with van der Waals surface area (Å²) in [6.45, 7) is 15.1. The molecule has 0 bridgehead atoms.